The van der Waals surface area contributed by atoms with E-state index in [1.165, 1.54) is 6.08 Å². The highest BCUT2D eigenvalue weighted by Crippen LogP contribution is 2.24. The van der Waals surface area contributed by atoms with Gasteiger partial charge in [-0.15, -0.1) is 0 Å². The average molecular weight is 416 g/mol. The first kappa shape index (κ1) is 21.4. The maximum absolute atomic E-state index is 12.4. The van der Waals surface area contributed by atoms with E-state index >= 15 is 0 Å². The van der Waals surface area contributed by atoms with Crippen molar-refractivity contribution in [2.45, 2.75) is 6.92 Å². The third-order valence-corrected chi connectivity index (χ3v) is 4.31. The number of carbonyl (C=O) groups is 2. The molecule has 3 rings (SSSR count). The van der Waals surface area contributed by atoms with E-state index in [9.17, 15) is 14.9 Å². The quantitative estimate of drug-likeness (QED) is 0.341. The molecule has 7 heteroatoms. The SMILES string of the molecule is CCOC(=O)c1ccc(-c2ccc(/C=C(\C#N)C(=O)Nc3ccc(OC)cc3)o2)cc1. The number of amides is 1. The fourth-order valence-electron chi connectivity index (χ4n) is 2.73. The number of ether oxygens (including phenoxy) is 2. The molecule has 3 aromatic rings. The van der Waals surface area contributed by atoms with Crippen LogP contribution >= 0.6 is 0 Å². The molecule has 0 fully saturated rings. The van der Waals surface area contributed by atoms with Gasteiger partial charge in [-0.25, -0.2) is 4.79 Å². The van der Waals surface area contributed by atoms with Gasteiger partial charge in [-0.2, -0.15) is 5.26 Å². The largest absolute Gasteiger partial charge is 0.497 e. The summed E-state index contributed by atoms with van der Waals surface area (Å²) >= 11 is 0. The number of methoxy groups -OCH3 is 1. The Bertz CT molecular complexity index is 1140. The highest BCUT2D eigenvalue weighted by molar-refractivity contribution is 6.09. The lowest BCUT2D eigenvalue weighted by Gasteiger charge is -2.05. The van der Waals surface area contributed by atoms with Crippen LogP contribution in [0.3, 0.4) is 0 Å². The number of hydrogen-bond acceptors (Lipinski definition) is 6. The summed E-state index contributed by atoms with van der Waals surface area (Å²) in [6.07, 6.45) is 1.37. The molecule has 0 aliphatic carbocycles. The minimum Gasteiger partial charge on any atom is -0.497 e. The fourth-order valence-corrected chi connectivity index (χ4v) is 2.73. The number of rotatable bonds is 7. The Balaban J connectivity index is 1.73. The summed E-state index contributed by atoms with van der Waals surface area (Å²) in [5.41, 5.74) is 1.62. The molecule has 156 valence electrons. The number of carbonyl (C=O) groups excluding carboxylic acids is 2. The number of nitrogens with one attached hydrogen (secondary N) is 1. The van der Waals surface area contributed by atoms with E-state index in [0.717, 1.165) is 5.56 Å². The van der Waals surface area contributed by atoms with Crippen LogP contribution in [0.15, 0.2) is 70.7 Å². The summed E-state index contributed by atoms with van der Waals surface area (Å²) in [6, 6.07) is 18.8. The van der Waals surface area contributed by atoms with E-state index in [0.29, 0.717) is 35.1 Å². The number of anilines is 1. The van der Waals surface area contributed by atoms with Crippen LogP contribution in [-0.4, -0.2) is 25.6 Å². The highest BCUT2D eigenvalue weighted by atomic mass is 16.5. The number of benzene rings is 2. The van der Waals surface area contributed by atoms with Crippen molar-refractivity contribution in [1.29, 1.82) is 5.26 Å². The van der Waals surface area contributed by atoms with Crippen molar-refractivity contribution in [2.75, 3.05) is 19.0 Å². The van der Waals surface area contributed by atoms with Gasteiger partial charge in [0, 0.05) is 17.3 Å². The van der Waals surface area contributed by atoms with Crippen molar-refractivity contribution in [3.05, 3.63) is 77.6 Å². The topological polar surface area (TPSA) is 102 Å². The molecule has 0 unspecified atom stereocenters. The van der Waals surface area contributed by atoms with E-state index in [4.69, 9.17) is 13.9 Å². The minimum absolute atomic E-state index is 0.102. The van der Waals surface area contributed by atoms with Gasteiger partial charge in [-0.1, -0.05) is 12.1 Å². The van der Waals surface area contributed by atoms with Gasteiger partial charge in [-0.3, -0.25) is 4.79 Å². The lowest BCUT2D eigenvalue weighted by Crippen LogP contribution is -2.13. The highest BCUT2D eigenvalue weighted by Gasteiger charge is 2.12. The van der Waals surface area contributed by atoms with E-state index < -0.39 is 11.9 Å². The summed E-state index contributed by atoms with van der Waals surface area (Å²) in [5.74, 6) is 0.607. The molecule has 7 nitrogen and oxygen atoms in total. The van der Waals surface area contributed by atoms with Crippen LogP contribution < -0.4 is 10.1 Å². The Morgan fingerprint density at radius 3 is 2.39 bits per heavy atom. The molecule has 0 spiro atoms. The molecule has 0 bridgehead atoms. The van der Waals surface area contributed by atoms with Crippen LogP contribution in [-0.2, 0) is 9.53 Å². The molecule has 0 saturated carbocycles. The fraction of sp³-hybridized carbons (Fsp3) is 0.125. The van der Waals surface area contributed by atoms with E-state index in [2.05, 4.69) is 5.32 Å². The third-order valence-electron chi connectivity index (χ3n) is 4.31. The van der Waals surface area contributed by atoms with Crippen LogP contribution in [0.25, 0.3) is 17.4 Å². The Hall–Kier alpha value is -4.31. The van der Waals surface area contributed by atoms with Crippen molar-refractivity contribution in [2.24, 2.45) is 0 Å². The molecular weight excluding hydrogens is 396 g/mol. The lowest BCUT2D eigenvalue weighted by molar-refractivity contribution is -0.112. The molecule has 2 aromatic carbocycles. The summed E-state index contributed by atoms with van der Waals surface area (Å²) in [5, 5.41) is 12.0. The first-order valence-corrected chi connectivity index (χ1v) is 9.48. The molecule has 0 aliphatic rings. The van der Waals surface area contributed by atoms with Gasteiger partial charge in [0.05, 0.1) is 19.3 Å². The second-order valence-electron chi connectivity index (χ2n) is 6.35. The number of nitrogens with zero attached hydrogens (tertiary/aromatic N) is 1. The second kappa shape index (κ2) is 9.94. The Labute approximate surface area is 179 Å². The Kier molecular flexibility index (Phi) is 6.86. The number of esters is 1. The second-order valence-corrected chi connectivity index (χ2v) is 6.35. The van der Waals surface area contributed by atoms with Crippen LogP contribution in [0.1, 0.15) is 23.0 Å². The predicted molar refractivity (Wildman–Crippen MR) is 115 cm³/mol. The summed E-state index contributed by atoms with van der Waals surface area (Å²) < 4.78 is 15.8. The standard InChI is InChI=1S/C24H20N2O5/c1-3-30-24(28)17-6-4-16(5-7-17)22-13-12-21(31-22)14-18(15-25)23(27)26-19-8-10-20(29-2)11-9-19/h4-14H,3H2,1-2H3,(H,26,27)/b18-14+. The zero-order valence-electron chi connectivity index (χ0n) is 17.0. The van der Waals surface area contributed by atoms with Crippen molar-refractivity contribution in [1.82, 2.24) is 0 Å². The summed E-state index contributed by atoms with van der Waals surface area (Å²) in [7, 11) is 1.55. The smallest absolute Gasteiger partial charge is 0.338 e. The molecule has 0 aliphatic heterocycles. The molecule has 1 amide bonds. The summed E-state index contributed by atoms with van der Waals surface area (Å²) in [6.45, 7) is 2.05. The van der Waals surface area contributed by atoms with Crippen LogP contribution in [0.4, 0.5) is 5.69 Å². The van der Waals surface area contributed by atoms with Gasteiger partial charge in [0.15, 0.2) is 0 Å². The molecule has 0 radical (unpaired) electrons. The van der Waals surface area contributed by atoms with Crippen molar-refractivity contribution in [3.8, 4) is 23.1 Å². The van der Waals surface area contributed by atoms with E-state index in [1.54, 1.807) is 74.7 Å². The van der Waals surface area contributed by atoms with Crippen LogP contribution in [0, 0.1) is 11.3 Å². The van der Waals surface area contributed by atoms with Crippen molar-refractivity contribution >= 4 is 23.6 Å². The van der Waals surface area contributed by atoms with Crippen LogP contribution in [0.5, 0.6) is 5.75 Å². The van der Waals surface area contributed by atoms with E-state index in [1.807, 2.05) is 6.07 Å². The molecular formula is C24H20N2O5. The zero-order valence-corrected chi connectivity index (χ0v) is 17.0. The predicted octanol–water partition coefficient (Wildman–Crippen LogP) is 4.68. The zero-order chi connectivity index (χ0) is 22.2. The Morgan fingerprint density at radius 1 is 1.06 bits per heavy atom. The molecule has 0 saturated heterocycles. The monoisotopic (exact) mass is 416 g/mol. The number of furan rings is 1. The van der Waals surface area contributed by atoms with E-state index in [-0.39, 0.29) is 5.57 Å². The molecule has 1 N–H and O–H groups in total. The van der Waals surface area contributed by atoms with Crippen molar-refractivity contribution < 1.29 is 23.5 Å². The van der Waals surface area contributed by atoms with Gasteiger partial charge < -0.3 is 19.2 Å². The average Bonchev–Trinajstić information content (AvgIpc) is 3.27. The lowest BCUT2D eigenvalue weighted by atomic mass is 10.1. The first-order chi connectivity index (χ1) is 15.0. The summed E-state index contributed by atoms with van der Waals surface area (Å²) in [4.78, 5) is 24.2. The number of hydrogen-bond donors (Lipinski definition) is 1. The Morgan fingerprint density at radius 2 is 1.77 bits per heavy atom. The molecule has 1 heterocycles. The number of nitriles is 1. The maximum Gasteiger partial charge on any atom is 0.338 e. The van der Waals surface area contributed by atoms with Crippen LogP contribution in [0.2, 0.25) is 0 Å². The minimum atomic E-state index is -0.551. The maximum atomic E-state index is 12.4. The normalized spacial score (nSPS) is 10.8. The van der Waals surface area contributed by atoms with Gasteiger partial charge >= 0.3 is 5.97 Å². The van der Waals surface area contributed by atoms with Crippen molar-refractivity contribution in [3.63, 3.8) is 0 Å². The van der Waals surface area contributed by atoms with Gasteiger partial charge in [0.2, 0.25) is 0 Å². The van der Waals surface area contributed by atoms with Gasteiger partial charge in [-0.05, 0) is 55.5 Å². The molecule has 31 heavy (non-hydrogen) atoms. The van der Waals surface area contributed by atoms with Gasteiger partial charge in [0.25, 0.3) is 5.91 Å². The van der Waals surface area contributed by atoms with Gasteiger partial charge in [0.1, 0.15) is 28.9 Å². The molecule has 0 atom stereocenters. The first-order valence-electron chi connectivity index (χ1n) is 9.48. The third kappa shape index (κ3) is 5.40. The molecule has 1 aromatic heterocycles.